The van der Waals surface area contributed by atoms with Crippen LogP contribution in [0.3, 0.4) is 0 Å². The van der Waals surface area contributed by atoms with Crippen LogP contribution >= 0.6 is 0 Å². The summed E-state index contributed by atoms with van der Waals surface area (Å²) in [6, 6.07) is 5.25. The van der Waals surface area contributed by atoms with Crippen molar-refractivity contribution in [2.24, 2.45) is 0 Å². The van der Waals surface area contributed by atoms with E-state index in [1.165, 1.54) is 12.5 Å². The minimum Gasteiger partial charge on any atom is -0.398 e. The highest BCUT2D eigenvalue weighted by Crippen LogP contribution is 2.31. The van der Waals surface area contributed by atoms with E-state index in [4.69, 9.17) is 5.73 Å². The fourth-order valence-electron chi connectivity index (χ4n) is 1.91. The Kier molecular flexibility index (Phi) is 2.68. The normalized spacial score (nSPS) is 15.6. The minimum absolute atomic E-state index is 0.0566. The second kappa shape index (κ2) is 4.00. The summed E-state index contributed by atoms with van der Waals surface area (Å²) in [5, 5.41) is 10.7. The Balaban J connectivity index is 2.28. The molecule has 1 aliphatic rings. The fourth-order valence-corrected chi connectivity index (χ4v) is 1.91. The standard InChI is InChI=1S/C11H15N3O2/c1-13(9-3-2-4-9)10-5-8(12)6-11(7-10)14(15)16/h5-7,9H,2-4,12H2,1H3. The summed E-state index contributed by atoms with van der Waals surface area (Å²) in [5.74, 6) is 0. The molecule has 5 nitrogen and oxygen atoms in total. The number of nitro benzene ring substituents is 1. The van der Waals surface area contributed by atoms with E-state index in [0.29, 0.717) is 11.7 Å². The van der Waals surface area contributed by atoms with Crippen molar-refractivity contribution in [3.8, 4) is 0 Å². The lowest BCUT2D eigenvalue weighted by Gasteiger charge is -2.36. The van der Waals surface area contributed by atoms with Gasteiger partial charge in [0, 0.05) is 36.6 Å². The molecule has 0 spiro atoms. The number of non-ortho nitro benzene ring substituents is 1. The Morgan fingerprint density at radius 1 is 1.44 bits per heavy atom. The maximum atomic E-state index is 10.7. The number of nitrogens with zero attached hydrogens (tertiary/aromatic N) is 2. The van der Waals surface area contributed by atoms with Crippen LogP contribution in [-0.2, 0) is 0 Å². The van der Waals surface area contributed by atoms with Gasteiger partial charge in [0.1, 0.15) is 0 Å². The second-order valence-corrected chi connectivity index (χ2v) is 4.24. The summed E-state index contributed by atoms with van der Waals surface area (Å²) >= 11 is 0. The van der Waals surface area contributed by atoms with E-state index < -0.39 is 4.92 Å². The third-order valence-electron chi connectivity index (χ3n) is 3.17. The van der Waals surface area contributed by atoms with Crippen molar-refractivity contribution in [1.82, 2.24) is 0 Å². The molecule has 1 aromatic carbocycles. The van der Waals surface area contributed by atoms with Crippen LogP contribution in [0, 0.1) is 10.1 Å². The molecule has 0 bridgehead atoms. The molecule has 2 rings (SSSR count). The molecule has 0 heterocycles. The van der Waals surface area contributed by atoms with E-state index in [1.54, 1.807) is 12.1 Å². The lowest BCUT2D eigenvalue weighted by atomic mass is 9.91. The van der Waals surface area contributed by atoms with Crippen LogP contribution in [0.25, 0.3) is 0 Å². The number of nitrogen functional groups attached to an aromatic ring is 1. The molecule has 1 aromatic rings. The largest absolute Gasteiger partial charge is 0.398 e. The number of benzene rings is 1. The van der Waals surface area contributed by atoms with Crippen LogP contribution in [0.4, 0.5) is 17.1 Å². The van der Waals surface area contributed by atoms with Gasteiger partial charge in [0.2, 0.25) is 0 Å². The molecule has 0 saturated heterocycles. The lowest BCUT2D eigenvalue weighted by Crippen LogP contribution is -2.37. The van der Waals surface area contributed by atoms with Gasteiger partial charge >= 0.3 is 0 Å². The van der Waals surface area contributed by atoms with Gasteiger partial charge in [-0.1, -0.05) is 0 Å². The molecule has 0 unspecified atom stereocenters. The first-order valence-electron chi connectivity index (χ1n) is 5.35. The van der Waals surface area contributed by atoms with Crippen LogP contribution in [0.2, 0.25) is 0 Å². The molecule has 1 aliphatic carbocycles. The number of hydrogen-bond acceptors (Lipinski definition) is 4. The average Bonchev–Trinajstić information content (AvgIpc) is 2.13. The van der Waals surface area contributed by atoms with E-state index in [9.17, 15) is 10.1 Å². The molecule has 0 atom stereocenters. The van der Waals surface area contributed by atoms with Crippen LogP contribution < -0.4 is 10.6 Å². The molecule has 0 radical (unpaired) electrons. The molecule has 0 aromatic heterocycles. The van der Waals surface area contributed by atoms with Gasteiger partial charge in [-0.2, -0.15) is 0 Å². The maximum absolute atomic E-state index is 10.7. The molecule has 1 saturated carbocycles. The topological polar surface area (TPSA) is 72.4 Å². The van der Waals surface area contributed by atoms with Gasteiger partial charge in [-0.15, -0.1) is 0 Å². The molecule has 2 N–H and O–H groups in total. The van der Waals surface area contributed by atoms with Gasteiger partial charge in [0.15, 0.2) is 0 Å². The van der Waals surface area contributed by atoms with Gasteiger partial charge < -0.3 is 10.6 Å². The second-order valence-electron chi connectivity index (χ2n) is 4.24. The van der Waals surface area contributed by atoms with Crippen molar-refractivity contribution in [3.05, 3.63) is 28.3 Å². The Hall–Kier alpha value is -1.78. The number of rotatable bonds is 3. The molecule has 0 amide bonds. The van der Waals surface area contributed by atoms with Crippen molar-refractivity contribution < 1.29 is 4.92 Å². The van der Waals surface area contributed by atoms with Crippen molar-refractivity contribution >= 4 is 17.1 Å². The van der Waals surface area contributed by atoms with Gasteiger partial charge in [-0.05, 0) is 25.3 Å². The van der Waals surface area contributed by atoms with Crippen LogP contribution in [-0.4, -0.2) is 18.0 Å². The predicted octanol–water partition coefficient (Wildman–Crippen LogP) is 2.17. The Morgan fingerprint density at radius 3 is 2.62 bits per heavy atom. The predicted molar refractivity (Wildman–Crippen MR) is 63.6 cm³/mol. The highest BCUT2D eigenvalue weighted by molar-refractivity contribution is 5.63. The zero-order chi connectivity index (χ0) is 11.7. The van der Waals surface area contributed by atoms with Crippen molar-refractivity contribution in [2.45, 2.75) is 25.3 Å². The summed E-state index contributed by atoms with van der Waals surface area (Å²) in [5.41, 5.74) is 6.99. The Morgan fingerprint density at radius 2 is 2.12 bits per heavy atom. The van der Waals surface area contributed by atoms with Gasteiger partial charge in [-0.3, -0.25) is 10.1 Å². The SMILES string of the molecule is CN(c1cc(N)cc([N+](=O)[O-])c1)C1CCC1. The highest BCUT2D eigenvalue weighted by Gasteiger charge is 2.23. The quantitative estimate of drug-likeness (QED) is 0.482. The van der Waals surface area contributed by atoms with Gasteiger partial charge in [0.25, 0.3) is 5.69 Å². The first-order chi connectivity index (χ1) is 7.58. The summed E-state index contributed by atoms with van der Waals surface area (Å²) in [6.45, 7) is 0. The summed E-state index contributed by atoms with van der Waals surface area (Å²) < 4.78 is 0. The van der Waals surface area contributed by atoms with Crippen molar-refractivity contribution in [3.63, 3.8) is 0 Å². The third-order valence-corrected chi connectivity index (χ3v) is 3.17. The van der Waals surface area contributed by atoms with E-state index in [-0.39, 0.29) is 5.69 Å². The lowest BCUT2D eigenvalue weighted by molar-refractivity contribution is -0.384. The molecular formula is C11H15N3O2. The van der Waals surface area contributed by atoms with Crippen LogP contribution in [0.5, 0.6) is 0 Å². The van der Waals surface area contributed by atoms with Crippen LogP contribution in [0.15, 0.2) is 18.2 Å². The van der Waals surface area contributed by atoms with Crippen LogP contribution in [0.1, 0.15) is 19.3 Å². The Labute approximate surface area is 94.0 Å². The molecule has 86 valence electrons. The fraction of sp³-hybridized carbons (Fsp3) is 0.455. The van der Waals surface area contributed by atoms with E-state index in [0.717, 1.165) is 18.5 Å². The van der Waals surface area contributed by atoms with E-state index >= 15 is 0 Å². The smallest absolute Gasteiger partial charge is 0.273 e. The van der Waals surface area contributed by atoms with Gasteiger partial charge in [0.05, 0.1) is 4.92 Å². The van der Waals surface area contributed by atoms with Gasteiger partial charge in [-0.25, -0.2) is 0 Å². The molecular weight excluding hydrogens is 206 g/mol. The van der Waals surface area contributed by atoms with E-state index in [1.807, 2.05) is 7.05 Å². The number of anilines is 2. The minimum atomic E-state index is -0.408. The zero-order valence-electron chi connectivity index (χ0n) is 9.22. The number of nitrogens with two attached hydrogens (primary N) is 1. The zero-order valence-corrected chi connectivity index (χ0v) is 9.22. The Bertz CT molecular complexity index is 416. The monoisotopic (exact) mass is 221 g/mol. The number of nitro groups is 1. The van der Waals surface area contributed by atoms with Crippen molar-refractivity contribution in [2.75, 3.05) is 17.7 Å². The molecule has 0 aliphatic heterocycles. The maximum Gasteiger partial charge on any atom is 0.273 e. The molecule has 5 heteroatoms. The average molecular weight is 221 g/mol. The molecule has 1 fully saturated rings. The number of hydrogen-bond donors (Lipinski definition) is 1. The summed E-state index contributed by atoms with van der Waals surface area (Å²) in [6.07, 6.45) is 3.54. The third kappa shape index (κ3) is 1.93. The van der Waals surface area contributed by atoms with Crippen molar-refractivity contribution in [1.29, 1.82) is 0 Å². The highest BCUT2D eigenvalue weighted by atomic mass is 16.6. The first kappa shape index (κ1) is 10.7. The molecule has 16 heavy (non-hydrogen) atoms. The summed E-state index contributed by atoms with van der Waals surface area (Å²) in [4.78, 5) is 12.4. The summed E-state index contributed by atoms with van der Waals surface area (Å²) in [7, 11) is 1.96. The first-order valence-corrected chi connectivity index (χ1v) is 5.35. The van der Waals surface area contributed by atoms with E-state index in [2.05, 4.69) is 4.90 Å².